The van der Waals surface area contributed by atoms with E-state index in [1.54, 1.807) is 0 Å². The molecular formula is C6H8N2O4. The first-order valence-corrected chi connectivity index (χ1v) is 3.12. The SMILES string of the molecule is CC(O)CC(O)(N=C=O)N=C=O. The molecule has 0 aromatic rings. The van der Waals surface area contributed by atoms with Crippen molar-refractivity contribution in [3.05, 3.63) is 0 Å². The molecule has 0 aliphatic heterocycles. The molecular weight excluding hydrogens is 164 g/mol. The Labute approximate surface area is 68.3 Å². The lowest BCUT2D eigenvalue weighted by Crippen LogP contribution is -2.27. The van der Waals surface area contributed by atoms with Crippen LogP contribution in [0.5, 0.6) is 0 Å². The van der Waals surface area contributed by atoms with E-state index >= 15 is 0 Å². The fourth-order valence-corrected chi connectivity index (χ4v) is 0.659. The average Bonchev–Trinajstić information content (AvgIpc) is 1.85. The molecule has 1 atom stereocenters. The smallest absolute Gasteiger partial charge is 0.278 e. The van der Waals surface area contributed by atoms with Gasteiger partial charge < -0.3 is 10.2 Å². The summed E-state index contributed by atoms with van der Waals surface area (Å²) in [5, 5.41) is 18.0. The zero-order valence-electron chi connectivity index (χ0n) is 6.39. The predicted octanol–water partition coefficient (Wildman–Crippen LogP) is -0.925. The highest BCUT2D eigenvalue weighted by molar-refractivity contribution is 5.37. The second-order valence-electron chi connectivity index (χ2n) is 2.23. The van der Waals surface area contributed by atoms with E-state index in [-0.39, 0.29) is 6.42 Å². The molecule has 0 heterocycles. The maximum Gasteiger partial charge on any atom is 0.278 e. The summed E-state index contributed by atoms with van der Waals surface area (Å²) in [4.78, 5) is 25.2. The molecule has 6 nitrogen and oxygen atoms in total. The van der Waals surface area contributed by atoms with E-state index in [1.165, 1.54) is 6.92 Å². The van der Waals surface area contributed by atoms with Crippen LogP contribution in [-0.4, -0.2) is 34.3 Å². The summed E-state index contributed by atoms with van der Waals surface area (Å²) in [6.45, 7) is 1.35. The van der Waals surface area contributed by atoms with Crippen molar-refractivity contribution in [3.63, 3.8) is 0 Å². The van der Waals surface area contributed by atoms with Crippen LogP contribution in [-0.2, 0) is 9.59 Å². The van der Waals surface area contributed by atoms with Crippen LogP contribution in [0, 0.1) is 0 Å². The van der Waals surface area contributed by atoms with Crippen LogP contribution in [0.15, 0.2) is 9.98 Å². The number of aliphatic hydroxyl groups is 2. The minimum absolute atomic E-state index is 0.350. The van der Waals surface area contributed by atoms with E-state index in [2.05, 4.69) is 9.98 Å². The number of carbonyl (C=O) groups excluding carboxylic acids is 2. The van der Waals surface area contributed by atoms with Crippen LogP contribution in [0.4, 0.5) is 0 Å². The van der Waals surface area contributed by atoms with Crippen molar-refractivity contribution in [1.82, 2.24) is 0 Å². The number of hydrogen-bond acceptors (Lipinski definition) is 6. The predicted molar refractivity (Wildman–Crippen MR) is 37.5 cm³/mol. The van der Waals surface area contributed by atoms with Crippen LogP contribution in [0.25, 0.3) is 0 Å². The molecule has 0 fully saturated rings. The van der Waals surface area contributed by atoms with Crippen molar-refractivity contribution in [2.75, 3.05) is 0 Å². The second-order valence-corrected chi connectivity index (χ2v) is 2.23. The van der Waals surface area contributed by atoms with Gasteiger partial charge in [-0.2, -0.15) is 0 Å². The Bertz CT molecular complexity index is 220. The van der Waals surface area contributed by atoms with Gasteiger partial charge in [-0.05, 0) is 6.92 Å². The lowest BCUT2D eigenvalue weighted by Gasteiger charge is -2.15. The van der Waals surface area contributed by atoms with Crippen molar-refractivity contribution in [3.8, 4) is 0 Å². The Morgan fingerprint density at radius 2 is 1.83 bits per heavy atom. The molecule has 2 N–H and O–H groups in total. The van der Waals surface area contributed by atoms with Gasteiger partial charge in [0.05, 0.1) is 6.10 Å². The third kappa shape index (κ3) is 3.75. The highest BCUT2D eigenvalue weighted by Gasteiger charge is 2.27. The zero-order chi connectivity index (χ0) is 9.61. The van der Waals surface area contributed by atoms with Gasteiger partial charge in [0.1, 0.15) is 0 Å². The molecule has 0 bridgehead atoms. The van der Waals surface area contributed by atoms with Crippen LogP contribution in [0.1, 0.15) is 13.3 Å². The Kier molecular flexibility index (Phi) is 4.04. The zero-order valence-corrected chi connectivity index (χ0v) is 6.39. The Balaban J connectivity index is 4.60. The molecule has 0 saturated heterocycles. The highest BCUT2D eigenvalue weighted by atomic mass is 16.3. The van der Waals surface area contributed by atoms with Gasteiger partial charge in [0.2, 0.25) is 12.2 Å². The molecule has 0 saturated carbocycles. The lowest BCUT2D eigenvalue weighted by molar-refractivity contribution is 0.00907. The number of aliphatic imine (C=N–C) groups is 2. The molecule has 66 valence electrons. The molecule has 1 unspecified atom stereocenters. The summed E-state index contributed by atoms with van der Waals surface area (Å²) in [6.07, 6.45) is 0.789. The van der Waals surface area contributed by atoms with Gasteiger partial charge in [0.25, 0.3) is 5.85 Å². The Hall–Kier alpha value is -1.32. The van der Waals surface area contributed by atoms with Crippen molar-refractivity contribution >= 4 is 12.2 Å². The van der Waals surface area contributed by atoms with Crippen molar-refractivity contribution in [1.29, 1.82) is 0 Å². The first-order chi connectivity index (χ1) is 5.54. The first-order valence-electron chi connectivity index (χ1n) is 3.12. The minimum atomic E-state index is -2.22. The average molecular weight is 172 g/mol. The molecule has 0 aliphatic rings. The summed E-state index contributed by atoms with van der Waals surface area (Å²) in [7, 11) is 0. The van der Waals surface area contributed by atoms with Gasteiger partial charge in [0, 0.05) is 6.42 Å². The number of hydrogen-bond donors (Lipinski definition) is 2. The third-order valence-corrected chi connectivity index (χ3v) is 1.02. The van der Waals surface area contributed by atoms with E-state index in [9.17, 15) is 9.59 Å². The fourth-order valence-electron chi connectivity index (χ4n) is 0.659. The molecule has 12 heavy (non-hydrogen) atoms. The molecule has 0 radical (unpaired) electrons. The molecule has 0 aliphatic carbocycles. The van der Waals surface area contributed by atoms with Gasteiger partial charge in [-0.3, -0.25) is 0 Å². The Morgan fingerprint density at radius 3 is 2.08 bits per heavy atom. The number of isocyanates is 2. The van der Waals surface area contributed by atoms with Gasteiger partial charge in [-0.15, -0.1) is 9.98 Å². The number of aliphatic hydroxyl groups excluding tert-OH is 1. The van der Waals surface area contributed by atoms with E-state index in [0.29, 0.717) is 0 Å². The molecule has 6 heteroatoms. The van der Waals surface area contributed by atoms with E-state index in [1.807, 2.05) is 0 Å². The third-order valence-electron chi connectivity index (χ3n) is 1.02. The van der Waals surface area contributed by atoms with E-state index in [4.69, 9.17) is 10.2 Å². The molecule has 0 amide bonds. The maximum atomic E-state index is 9.75. The fraction of sp³-hybridized carbons (Fsp3) is 0.667. The Morgan fingerprint density at radius 1 is 1.42 bits per heavy atom. The summed E-state index contributed by atoms with van der Waals surface area (Å²) in [5.41, 5.74) is 0. The highest BCUT2D eigenvalue weighted by Crippen LogP contribution is 2.14. The van der Waals surface area contributed by atoms with Gasteiger partial charge in [0.15, 0.2) is 0 Å². The monoisotopic (exact) mass is 172 g/mol. The normalized spacial score (nSPS) is 16.6. The van der Waals surface area contributed by atoms with Crippen molar-refractivity contribution < 1.29 is 19.8 Å². The maximum absolute atomic E-state index is 9.75. The summed E-state index contributed by atoms with van der Waals surface area (Å²) in [5.74, 6) is -2.22. The molecule has 0 spiro atoms. The first kappa shape index (κ1) is 10.7. The number of rotatable bonds is 4. The topological polar surface area (TPSA) is 99.3 Å². The minimum Gasteiger partial charge on any atom is -0.393 e. The summed E-state index contributed by atoms with van der Waals surface area (Å²) >= 11 is 0. The lowest BCUT2D eigenvalue weighted by atomic mass is 10.2. The van der Waals surface area contributed by atoms with Crippen LogP contribution in [0.2, 0.25) is 0 Å². The summed E-state index contributed by atoms with van der Waals surface area (Å²) < 4.78 is 0. The van der Waals surface area contributed by atoms with Gasteiger partial charge in [-0.25, -0.2) is 9.59 Å². The van der Waals surface area contributed by atoms with E-state index < -0.39 is 12.0 Å². The van der Waals surface area contributed by atoms with Gasteiger partial charge >= 0.3 is 0 Å². The van der Waals surface area contributed by atoms with Crippen LogP contribution < -0.4 is 0 Å². The van der Waals surface area contributed by atoms with E-state index in [0.717, 1.165) is 12.2 Å². The summed E-state index contributed by atoms with van der Waals surface area (Å²) in [6, 6.07) is 0. The standard InChI is InChI=1S/C6H8N2O4/c1-5(11)2-6(12,7-3-9)8-4-10/h5,11-12H,2H2,1H3. The largest absolute Gasteiger partial charge is 0.393 e. The molecule has 0 rings (SSSR count). The second kappa shape index (κ2) is 4.54. The van der Waals surface area contributed by atoms with Crippen molar-refractivity contribution in [2.45, 2.75) is 25.3 Å². The molecule has 0 aromatic heterocycles. The number of nitrogens with zero attached hydrogens (tertiary/aromatic N) is 2. The quantitative estimate of drug-likeness (QED) is 0.423. The van der Waals surface area contributed by atoms with Crippen LogP contribution in [0.3, 0.4) is 0 Å². The van der Waals surface area contributed by atoms with Gasteiger partial charge in [-0.1, -0.05) is 0 Å². The van der Waals surface area contributed by atoms with Crippen LogP contribution >= 0.6 is 0 Å². The molecule has 0 aromatic carbocycles. The van der Waals surface area contributed by atoms with Crippen molar-refractivity contribution in [2.24, 2.45) is 9.98 Å².